The Kier molecular flexibility index (Phi) is 2.60. The predicted octanol–water partition coefficient (Wildman–Crippen LogP) is 4.41. The van der Waals surface area contributed by atoms with Crippen LogP contribution in [0, 0.1) is 10.8 Å². The van der Waals surface area contributed by atoms with Crippen LogP contribution in [0.2, 0.25) is 19.6 Å². The molecular weight excluding hydrogens is 184 g/mol. The number of hydrogen-bond donors (Lipinski definition) is 0. The second-order valence-corrected chi connectivity index (χ2v) is 11.5. The summed E-state index contributed by atoms with van der Waals surface area (Å²) < 4.78 is 0. The van der Waals surface area contributed by atoms with E-state index in [0.29, 0.717) is 0 Å². The molecule has 14 heavy (non-hydrogen) atoms. The van der Waals surface area contributed by atoms with Crippen LogP contribution in [0.5, 0.6) is 0 Å². The molecule has 0 aromatic carbocycles. The summed E-state index contributed by atoms with van der Waals surface area (Å²) in [5.41, 5.74) is 0.571. The number of rotatable bonds is 2. The largest absolute Gasteiger partial charge is 0.103 e. The van der Waals surface area contributed by atoms with Gasteiger partial charge in [-0.2, -0.15) is 0 Å². The Morgan fingerprint density at radius 1 is 1.21 bits per heavy atom. The monoisotopic (exact) mass is 208 g/mol. The molecule has 0 heterocycles. The zero-order valence-electron chi connectivity index (χ0n) is 10.6. The lowest BCUT2D eigenvalue weighted by atomic mass is 9.69. The molecule has 0 saturated carbocycles. The van der Waals surface area contributed by atoms with Crippen molar-refractivity contribution in [3.05, 3.63) is 23.9 Å². The molecular formula is C13H24Si. The van der Waals surface area contributed by atoms with Crippen LogP contribution >= 0.6 is 0 Å². The lowest BCUT2D eigenvalue weighted by molar-refractivity contribution is 0.223. The molecule has 0 spiro atoms. The van der Waals surface area contributed by atoms with Gasteiger partial charge in [0.1, 0.15) is 0 Å². The van der Waals surface area contributed by atoms with Crippen molar-refractivity contribution < 1.29 is 0 Å². The van der Waals surface area contributed by atoms with Gasteiger partial charge in [-0.05, 0) is 17.3 Å². The summed E-state index contributed by atoms with van der Waals surface area (Å²) in [6.07, 6.45) is 5.85. The van der Waals surface area contributed by atoms with Gasteiger partial charge in [0.05, 0.1) is 8.07 Å². The average Bonchev–Trinajstić information content (AvgIpc) is 2.24. The highest BCUT2D eigenvalue weighted by Gasteiger charge is 2.46. The molecule has 0 bridgehead atoms. The molecule has 0 amide bonds. The Balaban J connectivity index is 3.05. The molecule has 0 radical (unpaired) electrons. The van der Waals surface area contributed by atoms with E-state index < -0.39 is 8.07 Å². The molecule has 0 N–H and O–H groups in total. The van der Waals surface area contributed by atoms with Crippen LogP contribution in [0.25, 0.3) is 0 Å². The summed E-state index contributed by atoms with van der Waals surface area (Å²) in [4.78, 5) is 0. The van der Waals surface area contributed by atoms with E-state index in [0.717, 1.165) is 0 Å². The first-order valence-electron chi connectivity index (χ1n) is 5.49. The van der Waals surface area contributed by atoms with Crippen molar-refractivity contribution in [2.75, 3.05) is 0 Å². The van der Waals surface area contributed by atoms with Crippen LogP contribution < -0.4 is 0 Å². The fourth-order valence-electron chi connectivity index (χ4n) is 2.38. The Bertz CT molecular complexity index is 278. The van der Waals surface area contributed by atoms with Crippen LogP contribution in [0.4, 0.5) is 0 Å². The van der Waals surface area contributed by atoms with Crippen LogP contribution in [-0.2, 0) is 0 Å². The van der Waals surface area contributed by atoms with Crippen molar-refractivity contribution in [1.29, 1.82) is 0 Å². The van der Waals surface area contributed by atoms with Gasteiger partial charge in [0, 0.05) is 0 Å². The van der Waals surface area contributed by atoms with E-state index in [1.165, 1.54) is 11.6 Å². The van der Waals surface area contributed by atoms with Gasteiger partial charge in [0.2, 0.25) is 0 Å². The topological polar surface area (TPSA) is 0 Å². The number of hydrogen-bond acceptors (Lipinski definition) is 0. The van der Waals surface area contributed by atoms with Gasteiger partial charge in [-0.25, -0.2) is 0 Å². The van der Waals surface area contributed by atoms with Gasteiger partial charge in [-0.3, -0.25) is 0 Å². The summed E-state index contributed by atoms with van der Waals surface area (Å²) in [6, 6.07) is 0. The molecule has 1 aliphatic rings. The molecule has 0 aromatic rings. The van der Waals surface area contributed by atoms with Crippen LogP contribution in [0.15, 0.2) is 23.9 Å². The molecule has 1 atom stereocenters. The minimum absolute atomic E-state index is 0.282. The van der Waals surface area contributed by atoms with Crippen LogP contribution in [0.3, 0.4) is 0 Å². The lowest BCUT2D eigenvalue weighted by Crippen LogP contribution is -2.41. The van der Waals surface area contributed by atoms with E-state index in [1.54, 1.807) is 0 Å². The summed E-state index contributed by atoms with van der Waals surface area (Å²) in [5, 5.41) is 1.51. The van der Waals surface area contributed by atoms with Crippen molar-refractivity contribution in [3.8, 4) is 0 Å². The van der Waals surface area contributed by atoms with Crippen molar-refractivity contribution in [1.82, 2.24) is 0 Å². The SMILES string of the molecule is C=C([C@@]1(C)CC=CC1(C)C)[Si](C)(C)C. The molecule has 0 nitrogen and oxygen atoms in total. The van der Waals surface area contributed by atoms with E-state index in [2.05, 4.69) is 59.1 Å². The first kappa shape index (κ1) is 11.8. The van der Waals surface area contributed by atoms with E-state index in [1.807, 2.05) is 0 Å². The maximum Gasteiger partial charge on any atom is 0.0724 e. The predicted molar refractivity (Wildman–Crippen MR) is 68.1 cm³/mol. The lowest BCUT2D eigenvalue weighted by Gasteiger charge is -2.44. The molecule has 0 fully saturated rings. The second-order valence-electron chi connectivity index (χ2n) is 6.39. The Morgan fingerprint density at radius 2 is 1.71 bits per heavy atom. The van der Waals surface area contributed by atoms with Gasteiger partial charge < -0.3 is 0 Å². The zero-order chi connectivity index (χ0) is 11.2. The maximum absolute atomic E-state index is 4.40. The summed E-state index contributed by atoms with van der Waals surface area (Å²) in [7, 11) is -1.22. The fraction of sp³-hybridized carbons (Fsp3) is 0.692. The molecule has 80 valence electrons. The zero-order valence-corrected chi connectivity index (χ0v) is 11.6. The van der Waals surface area contributed by atoms with E-state index in [-0.39, 0.29) is 10.8 Å². The first-order chi connectivity index (χ1) is 6.11. The van der Waals surface area contributed by atoms with Crippen molar-refractivity contribution in [2.45, 2.75) is 46.8 Å². The molecule has 1 heteroatoms. The standard InChI is InChI=1S/C13H24Si/c1-11(14(5,6)7)13(4)10-8-9-12(13,2)3/h8-9H,1,10H2,2-7H3/t13-/m1/s1. The minimum atomic E-state index is -1.22. The fourth-order valence-corrected chi connectivity index (χ4v) is 4.46. The van der Waals surface area contributed by atoms with Gasteiger partial charge in [-0.1, -0.05) is 57.8 Å². The highest BCUT2D eigenvalue weighted by Crippen LogP contribution is 2.54. The van der Waals surface area contributed by atoms with Gasteiger partial charge in [0.15, 0.2) is 0 Å². The minimum Gasteiger partial charge on any atom is -0.103 e. The van der Waals surface area contributed by atoms with E-state index in [9.17, 15) is 0 Å². The molecule has 1 aliphatic carbocycles. The summed E-state index contributed by atoms with van der Waals surface area (Å²) >= 11 is 0. The quantitative estimate of drug-likeness (QED) is 0.466. The van der Waals surface area contributed by atoms with Crippen LogP contribution in [0.1, 0.15) is 27.2 Å². The highest BCUT2D eigenvalue weighted by atomic mass is 28.3. The average molecular weight is 208 g/mol. The molecule has 0 aliphatic heterocycles. The first-order valence-corrected chi connectivity index (χ1v) is 8.99. The van der Waals surface area contributed by atoms with E-state index in [4.69, 9.17) is 0 Å². The van der Waals surface area contributed by atoms with Gasteiger partial charge in [-0.15, -0.1) is 6.58 Å². The van der Waals surface area contributed by atoms with Crippen molar-refractivity contribution in [3.63, 3.8) is 0 Å². The molecule has 1 rings (SSSR count). The molecule has 0 aromatic heterocycles. The maximum atomic E-state index is 4.40. The third-order valence-corrected chi connectivity index (χ3v) is 6.42. The third kappa shape index (κ3) is 1.63. The summed E-state index contributed by atoms with van der Waals surface area (Å²) in [5.74, 6) is 0. The smallest absolute Gasteiger partial charge is 0.0724 e. The third-order valence-electron chi connectivity index (χ3n) is 4.05. The normalized spacial score (nSPS) is 30.7. The summed E-state index contributed by atoms with van der Waals surface area (Å²) in [6.45, 7) is 18.6. The van der Waals surface area contributed by atoms with Crippen molar-refractivity contribution >= 4 is 8.07 Å². The Labute approximate surface area is 90.1 Å². The Hall–Kier alpha value is -0.303. The molecule has 0 unspecified atom stereocenters. The van der Waals surface area contributed by atoms with Crippen molar-refractivity contribution in [2.24, 2.45) is 10.8 Å². The van der Waals surface area contributed by atoms with Gasteiger partial charge >= 0.3 is 0 Å². The highest BCUT2D eigenvalue weighted by molar-refractivity contribution is 6.83. The second kappa shape index (κ2) is 3.09. The Morgan fingerprint density at radius 3 is 2.00 bits per heavy atom. The number of allylic oxidation sites excluding steroid dienone is 3. The molecule has 0 saturated heterocycles. The van der Waals surface area contributed by atoms with E-state index >= 15 is 0 Å². The van der Waals surface area contributed by atoms with Gasteiger partial charge in [0.25, 0.3) is 0 Å². The van der Waals surface area contributed by atoms with Crippen LogP contribution in [-0.4, -0.2) is 8.07 Å².